The second-order valence-corrected chi connectivity index (χ2v) is 7.46. The molecule has 0 bridgehead atoms. The standard InChI is InChI=1S/C18H20FNO3S/c1-18(2)10-16(13-4-6-14(19)7-5-13)15-8-3-12(9-17(15)23-18)11-20-24(21)22/h3-9,16,24H,10-11H2,1-2H3,(H,20,21,22). The van der Waals surface area contributed by atoms with Crippen molar-refractivity contribution in [3.63, 3.8) is 0 Å². The van der Waals surface area contributed by atoms with Crippen molar-refractivity contribution >= 4 is 10.9 Å². The van der Waals surface area contributed by atoms with E-state index < -0.39 is 10.9 Å². The first-order valence-corrected chi connectivity index (χ1v) is 8.97. The summed E-state index contributed by atoms with van der Waals surface area (Å²) in [4.78, 5) is 0. The molecular weight excluding hydrogens is 329 g/mol. The van der Waals surface area contributed by atoms with E-state index in [0.717, 1.165) is 28.9 Å². The Morgan fingerprint density at radius 2 is 1.92 bits per heavy atom. The van der Waals surface area contributed by atoms with Crippen molar-refractivity contribution in [2.75, 3.05) is 0 Å². The molecular formula is C18H20FNO3S. The van der Waals surface area contributed by atoms with Gasteiger partial charge in [-0.1, -0.05) is 24.3 Å². The molecule has 0 amide bonds. The van der Waals surface area contributed by atoms with Gasteiger partial charge in [0.15, 0.2) is 0 Å². The van der Waals surface area contributed by atoms with Crippen LogP contribution in [0.1, 0.15) is 42.9 Å². The molecule has 6 heteroatoms. The average molecular weight is 349 g/mol. The van der Waals surface area contributed by atoms with Crippen molar-refractivity contribution in [2.45, 2.75) is 38.3 Å². The van der Waals surface area contributed by atoms with E-state index in [1.54, 1.807) is 0 Å². The van der Waals surface area contributed by atoms with Crippen molar-refractivity contribution in [3.05, 3.63) is 65.0 Å². The van der Waals surface area contributed by atoms with E-state index in [1.165, 1.54) is 12.1 Å². The van der Waals surface area contributed by atoms with Gasteiger partial charge in [-0.25, -0.2) is 17.5 Å². The summed E-state index contributed by atoms with van der Waals surface area (Å²) in [6, 6.07) is 12.3. The minimum Gasteiger partial charge on any atom is -0.488 e. The summed E-state index contributed by atoms with van der Waals surface area (Å²) < 4.78 is 43.1. The number of nitrogens with one attached hydrogen (secondary N) is 1. The predicted octanol–water partition coefficient (Wildman–Crippen LogP) is 3.13. The molecule has 1 aliphatic rings. The van der Waals surface area contributed by atoms with Crippen LogP contribution in [0.15, 0.2) is 42.5 Å². The van der Waals surface area contributed by atoms with Gasteiger partial charge in [-0.2, -0.15) is 0 Å². The SMILES string of the molecule is CC1(C)CC(c2ccc(F)cc2)c2ccc(CN[SH](=O)=O)cc2O1. The van der Waals surface area contributed by atoms with Gasteiger partial charge in [0.1, 0.15) is 17.2 Å². The molecule has 128 valence electrons. The molecule has 0 radical (unpaired) electrons. The largest absolute Gasteiger partial charge is 0.488 e. The van der Waals surface area contributed by atoms with E-state index >= 15 is 0 Å². The van der Waals surface area contributed by atoms with E-state index in [-0.39, 0.29) is 23.9 Å². The first-order valence-electron chi connectivity index (χ1n) is 7.79. The molecule has 2 aromatic carbocycles. The van der Waals surface area contributed by atoms with Gasteiger partial charge in [0.25, 0.3) is 0 Å². The molecule has 1 aliphatic heterocycles. The molecule has 0 spiro atoms. The molecule has 0 fully saturated rings. The first-order chi connectivity index (χ1) is 11.3. The van der Waals surface area contributed by atoms with Crippen LogP contribution >= 0.6 is 0 Å². The quantitative estimate of drug-likeness (QED) is 0.834. The molecule has 1 unspecified atom stereocenters. The lowest BCUT2D eigenvalue weighted by Crippen LogP contribution is -2.35. The van der Waals surface area contributed by atoms with E-state index in [4.69, 9.17) is 4.74 Å². The lowest BCUT2D eigenvalue weighted by Gasteiger charge is -2.38. The summed E-state index contributed by atoms with van der Waals surface area (Å²) in [5.74, 6) is 0.613. The molecule has 0 aliphatic carbocycles. The van der Waals surface area contributed by atoms with Crippen LogP contribution in [-0.2, 0) is 17.4 Å². The van der Waals surface area contributed by atoms with Gasteiger partial charge in [0.2, 0.25) is 10.9 Å². The van der Waals surface area contributed by atoms with Crippen LogP contribution in [0.4, 0.5) is 4.39 Å². The number of ether oxygens (including phenoxy) is 1. The zero-order valence-corrected chi connectivity index (χ0v) is 14.5. The fourth-order valence-corrected chi connectivity index (χ4v) is 3.47. The Kier molecular flexibility index (Phi) is 4.60. The number of fused-ring (bicyclic) bond motifs is 1. The van der Waals surface area contributed by atoms with Crippen LogP contribution < -0.4 is 9.46 Å². The third kappa shape index (κ3) is 3.76. The highest BCUT2D eigenvalue weighted by atomic mass is 32.2. The normalized spacial score (nSPS) is 18.9. The van der Waals surface area contributed by atoms with E-state index in [9.17, 15) is 12.8 Å². The zero-order valence-electron chi connectivity index (χ0n) is 13.6. The minimum absolute atomic E-state index is 0.113. The van der Waals surface area contributed by atoms with Crippen LogP contribution in [-0.4, -0.2) is 14.0 Å². The van der Waals surface area contributed by atoms with Crippen molar-refractivity contribution in [1.82, 2.24) is 4.72 Å². The number of hydrogen-bond donors (Lipinski definition) is 2. The van der Waals surface area contributed by atoms with Crippen molar-refractivity contribution < 1.29 is 17.5 Å². The van der Waals surface area contributed by atoms with E-state index in [1.807, 2.05) is 44.2 Å². The lowest BCUT2D eigenvalue weighted by molar-refractivity contribution is 0.0773. The van der Waals surface area contributed by atoms with Crippen molar-refractivity contribution in [2.24, 2.45) is 0 Å². The lowest BCUT2D eigenvalue weighted by atomic mass is 9.80. The summed E-state index contributed by atoms with van der Waals surface area (Å²) in [5.41, 5.74) is 2.56. The second kappa shape index (κ2) is 6.53. The van der Waals surface area contributed by atoms with E-state index in [0.29, 0.717) is 0 Å². The number of benzene rings is 2. The van der Waals surface area contributed by atoms with Gasteiger partial charge in [-0.15, -0.1) is 0 Å². The second-order valence-electron chi connectivity index (χ2n) is 6.63. The van der Waals surface area contributed by atoms with Gasteiger partial charge in [-0.05, 0) is 49.6 Å². The van der Waals surface area contributed by atoms with Gasteiger partial charge in [0, 0.05) is 18.0 Å². The fraction of sp³-hybridized carbons (Fsp3) is 0.333. The molecule has 1 heterocycles. The Labute approximate surface area is 142 Å². The summed E-state index contributed by atoms with van der Waals surface area (Å²) in [6.07, 6.45) is 0.787. The maximum absolute atomic E-state index is 13.2. The van der Waals surface area contributed by atoms with Gasteiger partial charge in [0.05, 0.1) is 0 Å². The monoisotopic (exact) mass is 349 g/mol. The molecule has 4 nitrogen and oxygen atoms in total. The Hall–Kier alpha value is -1.92. The fourth-order valence-electron chi connectivity index (χ4n) is 3.15. The van der Waals surface area contributed by atoms with Crippen LogP contribution in [0.3, 0.4) is 0 Å². The summed E-state index contributed by atoms with van der Waals surface area (Å²) in [6.45, 7) is 4.27. The molecule has 3 rings (SSSR count). The number of halogens is 1. The van der Waals surface area contributed by atoms with Crippen molar-refractivity contribution in [1.29, 1.82) is 0 Å². The highest BCUT2D eigenvalue weighted by Gasteiger charge is 2.34. The Morgan fingerprint density at radius 3 is 2.58 bits per heavy atom. The first kappa shape index (κ1) is 16.9. The summed E-state index contributed by atoms with van der Waals surface area (Å²) >= 11 is 0. The number of hydrogen-bond acceptors (Lipinski definition) is 3. The molecule has 0 saturated carbocycles. The minimum atomic E-state index is -2.63. The van der Waals surface area contributed by atoms with E-state index in [2.05, 4.69) is 4.72 Å². The highest BCUT2D eigenvalue weighted by molar-refractivity contribution is 7.70. The van der Waals surface area contributed by atoms with Gasteiger partial charge < -0.3 is 4.74 Å². The molecule has 1 N–H and O–H groups in total. The summed E-state index contributed by atoms with van der Waals surface area (Å²) in [5, 5.41) is 0. The molecule has 0 aromatic heterocycles. The molecule has 2 aromatic rings. The zero-order chi connectivity index (χ0) is 17.3. The topological polar surface area (TPSA) is 55.4 Å². The predicted molar refractivity (Wildman–Crippen MR) is 91.2 cm³/mol. The van der Waals surface area contributed by atoms with Gasteiger partial charge >= 0.3 is 0 Å². The molecule has 0 saturated heterocycles. The van der Waals surface area contributed by atoms with Crippen LogP contribution in [0, 0.1) is 5.82 Å². The average Bonchev–Trinajstić information content (AvgIpc) is 2.51. The molecule has 1 atom stereocenters. The van der Waals surface area contributed by atoms with Gasteiger partial charge in [-0.3, -0.25) is 0 Å². The maximum atomic E-state index is 13.2. The van der Waals surface area contributed by atoms with Crippen LogP contribution in [0.5, 0.6) is 5.75 Å². The smallest absolute Gasteiger partial charge is 0.201 e. The van der Waals surface area contributed by atoms with Crippen LogP contribution in [0.2, 0.25) is 0 Å². The summed E-state index contributed by atoms with van der Waals surface area (Å²) in [7, 11) is -2.63. The number of thiol groups is 1. The maximum Gasteiger partial charge on any atom is 0.201 e. The number of rotatable bonds is 4. The highest BCUT2D eigenvalue weighted by Crippen LogP contribution is 2.44. The third-order valence-electron chi connectivity index (χ3n) is 4.22. The third-order valence-corrected chi connectivity index (χ3v) is 4.64. The van der Waals surface area contributed by atoms with Crippen LogP contribution in [0.25, 0.3) is 0 Å². The Balaban J connectivity index is 1.97. The Bertz CT molecular complexity index is 808. The Morgan fingerprint density at radius 1 is 1.21 bits per heavy atom. The van der Waals surface area contributed by atoms with Crippen molar-refractivity contribution in [3.8, 4) is 5.75 Å². The molecule has 24 heavy (non-hydrogen) atoms.